The molecule has 0 saturated carbocycles. The van der Waals surface area contributed by atoms with E-state index in [9.17, 15) is 4.79 Å². The molecule has 10 heteroatoms. The maximum atomic E-state index is 12.3. The van der Waals surface area contributed by atoms with Gasteiger partial charge >= 0.3 is 0 Å². The second kappa shape index (κ2) is 5.50. The summed E-state index contributed by atoms with van der Waals surface area (Å²) in [6.45, 7) is 3.66. The zero-order chi connectivity index (χ0) is 15.9. The molecule has 1 atom stereocenters. The number of aryl methyl sites for hydroxylation is 1. The SMILES string of the molecule is Cc1cnc2c(Cl)c(C(=O)N[C@@H](C)c3nnc(N)s3)nn2c1. The van der Waals surface area contributed by atoms with Crippen molar-refractivity contribution in [3.8, 4) is 0 Å². The molecule has 0 spiro atoms. The first-order chi connectivity index (χ1) is 10.5. The number of anilines is 1. The van der Waals surface area contributed by atoms with Crippen molar-refractivity contribution in [1.82, 2.24) is 30.1 Å². The lowest BCUT2D eigenvalue weighted by Gasteiger charge is -2.08. The fraction of sp³-hybridized carbons (Fsp3) is 0.250. The molecule has 0 aliphatic rings. The van der Waals surface area contributed by atoms with Crippen LogP contribution in [0, 0.1) is 6.92 Å². The molecule has 0 aliphatic carbocycles. The molecule has 0 aliphatic heterocycles. The molecule has 3 aromatic heterocycles. The summed E-state index contributed by atoms with van der Waals surface area (Å²) in [5.74, 6) is -0.408. The summed E-state index contributed by atoms with van der Waals surface area (Å²) < 4.78 is 1.49. The molecule has 0 fully saturated rings. The minimum Gasteiger partial charge on any atom is -0.374 e. The van der Waals surface area contributed by atoms with Crippen molar-refractivity contribution in [3.05, 3.63) is 33.7 Å². The molecule has 0 aromatic carbocycles. The van der Waals surface area contributed by atoms with E-state index in [1.807, 2.05) is 6.92 Å². The zero-order valence-corrected chi connectivity index (χ0v) is 13.3. The van der Waals surface area contributed by atoms with Crippen LogP contribution in [0.5, 0.6) is 0 Å². The van der Waals surface area contributed by atoms with Crippen LogP contribution in [0.1, 0.15) is 34.0 Å². The van der Waals surface area contributed by atoms with Crippen molar-refractivity contribution in [2.45, 2.75) is 19.9 Å². The number of carbonyl (C=O) groups excluding carboxylic acids is 1. The quantitative estimate of drug-likeness (QED) is 0.751. The third-order valence-corrected chi connectivity index (χ3v) is 4.22. The monoisotopic (exact) mass is 337 g/mol. The average molecular weight is 338 g/mol. The van der Waals surface area contributed by atoms with Crippen molar-refractivity contribution in [2.75, 3.05) is 5.73 Å². The Kier molecular flexibility index (Phi) is 3.67. The molecule has 3 N–H and O–H groups in total. The van der Waals surface area contributed by atoms with Crippen molar-refractivity contribution in [3.63, 3.8) is 0 Å². The number of nitrogens with one attached hydrogen (secondary N) is 1. The highest BCUT2D eigenvalue weighted by atomic mass is 35.5. The second-order valence-corrected chi connectivity index (χ2v) is 6.15. The van der Waals surface area contributed by atoms with Gasteiger partial charge in [-0.2, -0.15) is 5.10 Å². The van der Waals surface area contributed by atoms with Crippen LogP contribution >= 0.6 is 22.9 Å². The minimum atomic E-state index is -0.408. The van der Waals surface area contributed by atoms with E-state index in [0.29, 0.717) is 15.8 Å². The summed E-state index contributed by atoms with van der Waals surface area (Å²) in [6, 6.07) is -0.349. The summed E-state index contributed by atoms with van der Waals surface area (Å²) in [4.78, 5) is 16.5. The highest BCUT2D eigenvalue weighted by Crippen LogP contribution is 2.23. The third-order valence-electron chi connectivity index (χ3n) is 2.93. The van der Waals surface area contributed by atoms with Gasteiger partial charge in [0.05, 0.1) is 6.04 Å². The fourth-order valence-electron chi connectivity index (χ4n) is 1.89. The number of carbonyl (C=O) groups is 1. The van der Waals surface area contributed by atoms with Gasteiger partial charge in [0.2, 0.25) is 5.13 Å². The molecule has 1 amide bonds. The van der Waals surface area contributed by atoms with Crippen LogP contribution in [-0.4, -0.2) is 30.7 Å². The number of nitrogens with zero attached hydrogens (tertiary/aromatic N) is 5. The summed E-state index contributed by atoms with van der Waals surface area (Å²) in [5.41, 5.74) is 7.00. The number of aromatic nitrogens is 5. The van der Waals surface area contributed by atoms with Crippen LogP contribution in [0.15, 0.2) is 12.4 Å². The van der Waals surface area contributed by atoms with Gasteiger partial charge in [-0.3, -0.25) is 4.79 Å². The molecule has 114 valence electrons. The Morgan fingerprint density at radius 1 is 1.50 bits per heavy atom. The number of hydrogen-bond donors (Lipinski definition) is 2. The van der Waals surface area contributed by atoms with Gasteiger partial charge in [-0.25, -0.2) is 9.50 Å². The molecule has 8 nitrogen and oxygen atoms in total. The van der Waals surface area contributed by atoms with Crippen molar-refractivity contribution in [1.29, 1.82) is 0 Å². The molecule has 0 saturated heterocycles. The van der Waals surface area contributed by atoms with E-state index < -0.39 is 5.91 Å². The van der Waals surface area contributed by atoms with E-state index in [1.54, 1.807) is 19.3 Å². The van der Waals surface area contributed by atoms with Gasteiger partial charge in [0, 0.05) is 12.4 Å². The third kappa shape index (κ3) is 2.60. The van der Waals surface area contributed by atoms with E-state index >= 15 is 0 Å². The Morgan fingerprint density at radius 3 is 2.95 bits per heavy atom. The van der Waals surface area contributed by atoms with Gasteiger partial charge in [-0.05, 0) is 19.4 Å². The minimum absolute atomic E-state index is 0.115. The standard InChI is InChI=1S/C12H12ClN7OS/c1-5-3-15-9-7(13)8(19-20(9)4-5)10(21)16-6(2)11-17-18-12(14)22-11/h3-4,6H,1-2H3,(H2,14,18)(H,16,21)/t6-/m0/s1. The van der Waals surface area contributed by atoms with Crippen LogP contribution in [0.25, 0.3) is 5.65 Å². The summed E-state index contributed by atoms with van der Waals surface area (Å²) >= 11 is 7.40. The summed E-state index contributed by atoms with van der Waals surface area (Å²) in [6.07, 6.45) is 3.41. The maximum Gasteiger partial charge on any atom is 0.274 e. The average Bonchev–Trinajstić information content (AvgIpc) is 3.03. The lowest BCUT2D eigenvalue weighted by molar-refractivity contribution is 0.0934. The molecule has 3 rings (SSSR count). The highest BCUT2D eigenvalue weighted by molar-refractivity contribution is 7.15. The first-order valence-electron chi connectivity index (χ1n) is 6.36. The number of rotatable bonds is 3. The van der Waals surface area contributed by atoms with E-state index in [4.69, 9.17) is 17.3 Å². The van der Waals surface area contributed by atoms with Crippen LogP contribution in [-0.2, 0) is 0 Å². The van der Waals surface area contributed by atoms with Crippen molar-refractivity contribution in [2.24, 2.45) is 0 Å². The van der Waals surface area contributed by atoms with E-state index in [2.05, 4.69) is 25.6 Å². The topological polar surface area (TPSA) is 111 Å². The molecular formula is C12H12ClN7OS. The Morgan fingerprint density at radius 2 is 2.27 bits per heavy atom. The molecule has 0 unspecified atom stereocenters. The van der Waals surface area contributed by atoms with E-state index in [-0.39, 0.29) is 16.8 Å². The van der Waals surface area contributed by atoms with Crippen LogP contribution in [0.3, 0.4) is 0 Å². The Labute approximate surface area is 134 Å². The smallest absolute Gasteiger partial charge is 0.274 e. The first kappa shape index (κ1) is 14.7. The second-order valence-electron chi connectivity index (χ2n) is 4.74. The number of halogens is 1. The fourth-order valence-corrected chi connectivity index (χ4v) is 2.77. The predicted octanol–water partition coefficient (Wildman–Crippen LogP) is 1.62. The Hall–Kier alpha value is -2.26. The maximum absolute atomic E-state index is 12.3. The normalized spacial score (nSPS) is 12.5. The largest absolute Gasteiger partial charge is 0.374 e. The van der Waals surface area contributed by atoms with Crippen LogP contribution in [0.4, 0.5) is 5.13 Å². The van der Waals surface area contributed by atoms with Gasteiger partial charge < -0.3 is 11.1 Å². The van der Waals surface area contributed by atoms with Gasteiger partial charge in [0.15, 0.2) is 11.3 Å². The molecule has 22 heavy (non-hydrogen) atoms. The zero-order valence-electron chi connectivity index (χ0n) is 11.7. The van der Waals surface area contributed by atoms with Gasteiger partial charge in [0.1, 0.15) is 10.0 Å². The molecule has 0 bridgehead atoms. The van der Waals surface area contributed by atoms with Crippen molar-refractivity contribution >= 4 is 39.6 Å². The number of nitrogen functional groups attached to an aromatic ring is 1. The van der Waals surface area contributed by atoms with Crippen molar-refractivity contribution < 1.29 is 4.79 Å². The molecular weight excluding hydrogens is 326 g/mol. The number of hydrogen-bond acceptors (Lipinski definition) is 7. The molecule has 3 aromatic rings. The molecule has 3 heterocycles. The number of fused-ring (bicyclic) bond motifs is 1. The summed E-state index contributed by atoms with van der Waals surface area (Å²) in [5, 5.41) is 15.7. The Balaban J connectivity index is 1.87. The Bertz CT molecular complexity index is 858. The van der Waals surface area contributed by atoms with Gasteiger partial charge in [-0.15, -0.1) is 10.2 Å². The number of nitrogens with two attached hydrogens (primary N) is 1. The first-order valence-corrected chi connectivity index (χ1v) is 7.55. The highest BCUT2D eigenvalue weighted by Gasteiger charge is 2.22. The molecule has 0 radical (unpaired) electrons. The lowest BCUT2D eigenvalue weighted by Crippen LogP contribution is -2.27. The summed E-state index contributed by atoms with van der Waals surface area (Å²) in [7, 11) is 0. The number of amides is 1. The van der Waals surface area contributed by atoms with Gasteiger partial charge in [-0.1, -0.05) is 22.9 Å². The van der Waals surface area contributed by atoms with Gasteiger partial charge in [0.25, 0.3) is 5.91 Å². The van der Waals surface area contributed by atoms with Crippen LogP contribution in [0.2, 0.25) is 5.02 Å². The predicted molar refractivity (Wildman–Crippen MR) is 82.9 cm³/mol. The van der Waals surface area contributed by atoms with E-state index in [1.165, 1.54) is 15.9 Å². The van der Waals surface area contributed by atoms with E-state index in [0.717, 1.165) is 5.56 Å². The lowest BCUT2D eigenvalue weighted by atomic mass is 10.3. The van der Waals surface area contributed by atoms with Crippen LogP contribution < -0.4 is 11.1 Å².